The lowest BCUT2D eigenvalue weighted by Gasteiger charge is -2.29. The van der Waals surface area contributed by atoms with E-state index >= 15 is 0 Å². The summed E-state index contributed by atoms with van der Waals surface area (Å²) in [5, 5.41) is -0.0276. The number of imide groups is 1. The van der Waals surface area contributed by atoms with Crippen molar-refractivity contribution in [2.45, 2.75) is 65.8 Å². The van der Waals surface area contributed by atoms with Crippen molar-refractivity contribution in [3.63, 3.8) is 0 Å². The molecule has 0 saturated heterocycles. The number of halogens is 4. The lowest BCUT2D eigenvalue weighted by atomic mass is 10.1. The van der Waals surface area contributed by atoms with Gasteiger partial charge in [0.15, 0.2) is 11.6 Å². The minimum absolute atomic E-state index is 0.00464. The quantitative estimate of drug-likeness (QED) is 0.340. The number of amides is 2. The first-order valence-corrected chi connectivity index (χ1v) is 11.8. The maximum absolute atomic E-state index is 14.1. The molecule has 34 heavy (non-hydrogen) atoms. The van der Waals surface area contributed by atoms with Crippen LogP contribution in [-0.2, 0) is 9.47 Å². The van der Waals surface area contributed by atoms with E-state index in [1.54, 1.807) is 48.5 Å². The molecule has 2 rings (SSSR count). The maximum atomic E-state index is 14.1. The van der Waals surface area contributed by atoms with E-state index in [1.807, 2.05) is 0 Å². The molecular formula is C23H26BrCl2FN2O5. The molecular weight excluding hydrogens is 554 g/mol. The number of carbonyl (C=O) groups is 2. The van der Waals surface area contributed by atoms with Crippen molar-refractivity contribution >= 4 is 57.1 Å². The molecule has 1 atom stereocenters. The molecule has 0 saturated carbocycles. The number of benzene rings is 1. The molecule has 0 unspecified atom stereocenters. The molecule has 0 N–H and O–H groups in total. The van der Waals surface area contributed by atoms with Crippen LogP contribution in [0.3, 0.4) is 0 Å². The van der Waals surface area contributed by atoms with Crippen molar-refractivity contribution in [2.75, 3.05) is 4.90 Å². The number of aromatic nitrogens is 1. The molecule has 1 aromatic carbocycles. The molecule has 1 aromatic heterocycles. The van der Waals surface area contributed by atoms with Crippen molar-refractivity contribution in [3.8, 4) is 5.75 Å². The first-order chi connectivity index (χ1) is 15.5. The summed E-state index contributed by atoms with van der Waals surface area (Å²) < 4.78 is 31.3. The normalized spacial score (nSPS) is 12.7. The van der Waals surface area contributed by atoms with E-state index in [0.29, 0.717) is 9.37 Å². The van der Waals surface area contributed by atoms with E-state index in [9.17, 15) is 14.0 Å². The van der Waals surface area contributed by atoms with Crippen molar-refractivity contribution in [3.05, 3.63) is 50.3 Å². The molecule has 0 bridgehead atoms. The number of pyridine rings is 1. The molecule has 0 fully saturated rings. The Hall–Kier alpha value is -2.10. The van der Waals surface area contributed by atoms with Gasteiger partial charge in [-0.3, -0.25) is 0 Å². The van der Waals surface area contributed by atoms with E-state index in [4.69, 9.17) is 37.4 Å². The van der Waals surface area contributed by atoms with E-state index in [-0.39, 0.29) is 27.2 Å². The largest absolute Gasteiger partial charge is 0.482 e. The van der Waals surface area contributed by atoms with Gasteiger partial charge in [-0.25, -0.2) is 19.0 Å². The van der Waals surface area contributed by atoms with Gasteiger partial charge in [0.1, 0.15) is 23.1 Å². The third kappa shape index (κ3) is 7.45. The van der Waals surface area contributed by atoms with Crippen LogP contribution in [0.25, 0.3) is 0 Å². The molecule has 0 radical (unpaired) electrons. The zero-order chi connectivity index (χ0) is 26.0. The van der Waals surface area contributed by atoms with Crippen LogP contribution in [-0.4, -0.2) is 28.4 Å². The van der Waals surface area contributed by atoms with Crippen LogP contribution in [0.1, 0.15) is 60.1 Å². The summed E-state index contributed by atoms with van der Waals surface area (Å²) in [6.45, 7) is 11.5. The van der Waals surface area contributed by atoms with Gasteiger partial charge in [-0.15, -0.1) is 0 Å². The monoisotopic (exact) mass is 578 g/mol. The van der Waals surface area contributed by atoms with Gasteiger partial charge in [-0.2, -0.15) is 4.90 Å². The second kappa shape index (κ2) is 10.7. The third-order valence-corrected chi connectivity index (χ3v) is 5.10. The number of nitrogens with zero attached hydrogens (tertiary/aromatic N) is 2. The van der Waals surface area contributed by atoms with Crippen LogP contribution < -0.4 is 9.64 Å². The van der Waals surface area contributed by atoms with Crippen LogP contribution >= 0.6 is 39.1 Å². The van der Waals surface area contributed by atoms with Crippen LogP contribution in [0.15, 0.2) is 28.9 Å². The highest BCUT2D eigenvalue weighted by atomic mass is 79.9. The Morgan fingerprint density at radius 3 is 2.09 bits per heavy atom. The highest BCUT2D eigenvalue weighted by Gasteiger charge is 2.36. The molecule has 0 spiro atoms. The zero-order valence-electron chi connectivity index (χ0n) is 19.8. The molecule has 11 heteroatoms. The molecule has 0 aliphatic rings. The summed E-state index contributed by atoms with van der Waals surface area (Å²) in [5.74, 6) is -0.870. The number of hydrogen-bond acceptors (Lipinski definition) is 6. The number of rotatable bonds is 4. The zero-order valence-corrected chi connectivity index (χ0v) is 22.9. The predicted octanol–water partition coefficient (Wildman–Crippen LogP) is 8.11. The second-order valence-corrected chi connectivity index (χ2v) is 11.0. The predicted molar refractivity (Wildman–Crippen MR) is 132 cm³/mol. The first-order valence-electron chi connectivity index (χ1n) is 10.2. The summed E-state index contributed by atoms with van der Waals surface area (Å²) in [7, 11) is 0. The van der Waals surface area contributed by atoms with Crippen LogP contribution in [0.4, 0.5) is 19.8 Å². The summed E-state index contributed by atoms with van der Waals surface area (Å²) in [6, 6.07) is 3.98. The minimum atomic E-state index is -1.02. The fraction of sp³-hybridized carbons (Fsp3) is 0.435. The smallest absolute Gasteiger partial charge is 0.425 e. The van der Waals surface area contributed by atoms with Crippen molar-refractivity contribution in [1.82, 2.24) is 4.98 Å². The summed E-state index contributed by atoms with van der Waals surface area (Å²) in [5.41, 5.74) is -1.64. The Morgan fingerprint density at radius 1 is 1.06 bits per heavy atom. The molecule has 1 heterocycles. The van der Waals surface area contributed by atoms with Crippen molar-refractivity contribution in [2.24, 2.45) is 0 Å². The van der Waals surface area contributed by atoms with Gasteiger partial charge in [-0.1, -0.05) is 23.2 Å². The van der Waals surface area contributed by atoms with Gasteiger partial charge >= 0.3 is 12.2 Å². The summed E-state index contributed by atoms with van der Waals surface area (Å²) >= 11 is 15.6. The number of carbonyl (C=O) groups excluding carboxylic acids is 2. The molecule has 2 aromatic rings. The van der Waals surface area contributed by atoms with Gasteiger partial charge in [0, 0.05) is 21.3 Å². The van der Waals surface area contributed by atoms with Gasteiger partial charge in [0.05, 0.1) is 5.02 Å². The third-order valence-electron chi connectivity index (χ3n) is 3.95. The van der Waals surface area contributed by atoms with Crippen molar-refractivity contribution in [1.29, 1.82) is 0 Å². The summed E-state index contributed by atoms with van der Waals surface area (Å²) in [6.07, 6.45) is -1.55. The minimum Gasteiger partial charge on any atom is -0.482 e. The topological polar surface area (TPSA) is 78.0 Å². The second-order valence-electron chi connectivity index (χ2n) is 9.29. The van der Waals surface area contributed by atoms with E-state index in [0.717, 1.165) is 6.07 Å². The Morgan fingerprint density at radius 2 is 1.59 bits per heavy atom. The lowest BCUT2D eigenvalue weighted by Crippen LogP contribution is -2.44. The Bertz CT molecular complexity index is 1060. The fourth-order valence-corrected chi connectivity index (χ4v) is 3.68. The lowest BCUT2D eigenvalue weighted by molar-refractivity contribution is 0.0426. The van der Waals surface area contributed by atoms with Gasteiger partial charge in [0.25, 0.3) is 0 Å². The standard InChI is InChI=1S/C23H26BrCl2FN2O5/c1-12(17-14(25)8-9-15(27)18(17)26)32-16-10-13(24)11-28-19(16)29(20(30)33-22(2,3)4)21(31)34-23(5,6)7/h8-12H,1-7H3/t12-/m1/s1. The van der Waals surface area contributed by atoms with E-state index in [1.165, 1.54) is 18.3 Å². The maximum Gasteiger partial charge on any atom is 0.425 e. The van der Waals surface area contributed by atoms with Crippen LogP contribution in [0.2, 0.25) is 10.0 Å². The SMILES string of the molecule is C[C@@H](Oc1cc(Br)cnc1N(C(=O)OC(C)(C)C)C(=O)OC(C)(C)C)c1c(Cl)ccc(F)c1Cl. The van der Waals surface area contributed by atoms with Crippen LogP contribution in [0, 0.1) is 5.82 Å². The highest BCUT2D eigenvalue weighted by molar-refractivity contribution is 9.10. The van der Waals surface area contributed by atoms with Gasteiger partial charge in [-0.05, 0) is 82.6 Å². The molecule has 7 nitrogen and oxygen atoms in total. The number of ether oxygens (including phenoxy) is 3. The molecule has 0 aliphatic carbocycles. The first kappa shape index (κ1) is 28.1. The number of hydrogen-bond donors (Lipinski definition) is 0. The van der Waals surface area contributed by atoms with Gasteiger partial charge < -0.3 is 14.2 Å². The van der Waals surface area contributed by atoms with Crippen LogP contribution in [0.5, 0.6) is 5.75 Å². The Kier molecular flexibility index (Phi) is 8.82. The van der Waals surface area contributed by atoms with Crippen molar-refractivity contribution < 1.29 is 28.2 Å². The fourth-order valence-electron chi connectivity index (χ4n) is 2.70. The van der Waals surface area contributed by atoms with E-state index < -0.39 is 35.3 Å². The Labute approximate surface area is 216 Å². The average Bonchev–Trinajstić information content (AvgIpc) is 2.64. The molecule has 0 aliphatic heterocycles. The van der Waals surface area contributed by atoms with E-state index in [2.05, 4.69) is 20.9 Å². The highest BCUT2D eigenvalue weighted by Crippen LogP contribution is 2.38. The molecule has 186 valence electrons. The van der Waals surface area contributed by atoms with Gasteiger partial charge in [0.2, 0.25) is 0 Å². The number of anilines is 1. The average molecular weight is 580 g/mol. The Balaban J connectivity index is 2.58. The summed E-state index contributed by atoms with van der Waals surface area (Å²) in [4.78, 5) is 30.9. The molecule has 2 amide bonds.